The molecule has 1 fully saturated rings. The predicted molar refractivity (Wildman–Crippen MR) is 113 cm³/mol. The zero-order valence-corrected chi connectivity index (χ0v) is 17.9. The Morgan fingerprint density at radius 2 is 1.87 bits per heavy atom. The molecule has 2 aromatic rings. The van der Waals surface area contributed by atoms with E-state index in [-0.39, 0.29) is 17.4 Å². The third-order valence-corrected chi connectivity index (χ3v) is 7.33. The summed E-state index contributed by atoms with van der Waals surface area (Å²) in [5.41, 5.74) is 2.47. The number of rotatable bonds is 5. The number of para-hydroxylation sites is 1. The van der Waals surface area contributed by atoms with Crippen molar-refractivity contribution in [3.8, 4) is 5.75 Å². The third-order valence-electron chi connectivity index (χ3n) is 5.52. The van der Waals surface area contributed by atoms with E-state index < -0.39 is 10.0 Å². The Hall–Kier alpha value is -2.58. The van der Waals surface area contributed by atoms with Crippen LogP contribution in [-0.4, -0.2) is 58.7 Å². The summed E-state index contributed by atoms with van der Waals surface area (Å²) in [6, 6.07) is 12.4. The number of hydrogen-bond acceptors (Lipinski definition) is 5. The van der Waals surface area contributed by atoms with Crippen LogP contribution < -0.4 is 9.04 Å². The van der Waals surface area contributed by atoms with Crippen molar-refractivity contribution in [2.75, 3.05) is 43.8 Å². The first-order chi connectivity index (χ1) is 14.5. The highest BCUT2D eigenvalue weighted by Crippen LogP contribution is 2.33. The molecule has 30 heavy (non-hydrogen) atoms. The summed E-state index contributed by atoms with van der Waals surface area (Å²) in [4.78, 5) is 14.2. The van der Waals surface area contributed by atoms with Crippen LogP contribution in [0.25, 0.3) is 0 Å². The molecule has 7 nitrogen and oxygen atoms in total. The van der Waals surface area contributed by atoms with Gasteiger partial charge in [-0.15, -0.1) is 0 Å². The molecule has 0 spiro atoms. The maximum absolute atomic E-state index is 13.3. The van der Waals surface area contributed by atoms with Crippen LogP contribution in [0.15, 0.2) is 47.4 Å². The Morgan fingerprint density at radius 3 is 2.63 bits per heavy atom. The Bertz CT molecular complexity index is 1030. The molecule has 8 heteroatoms. The second-order valence-corrected chi connectivity index (χ2v) is 9.38. The highest BCUT2D eigenvalue weighted by atomic mass is 32.2. The van der Waals surface area contributed by atoms with E-state index in [0.29, 0.717) is 44.2 Å². The molecule has 0 N–H and O–H groups in total. The lowest BCUT2D eigenvalue weighted by atomic mass is 10.0. The van der Waals surface area contributed by atoms with Crippen LogP contribution in [0.2, 0.25) is 0 Å². The van der Waals surface area contributed by atoms with Gasteiger partial charge in [0, 0.05) is 19.6 Å². The monoisotopic (exact) mass is 430 g/mol. The normalized spacial score (nSPS) is 16.8. The molecule has 4 rings (SSSR count). The zero-order chi connectivity index (χ0) is 21.1. The lowest BCUT2D eigenvalue weighted by Gasteiger charge is -2.30. The summed E-state index contributed by atoms with van der Waals surface area (Å²) in [5.74, 6) is 0.411. The van der Waals surface area contributed by atoms with Crippen LogP contribution in [-0.2, 0) is 26.0 Å². The number of ether oxygens (including phenoxy) is 2. The topological polar surface area (TPSA) is 76.2 Å². The molecule has 0 aliphatic carbocycles. The number of fused-ring (bicyclic) bond motifs is 1. The van der Waals surface area contributed by atoms with Gasteiger partial charge in [-0.2, -0.15) is 0 Å². The van der Waals surface area contributed by atoms with Crippen LogP contribution in [0.4, 0.5) is 5.69 Å². The van der Waals surface area contributed by atoms with Gasteiger partial charge >= 0.3 is 0 Å². The predicted octanol–water partition coefficient (Wildman–Crippen LogP) is 2.37. The molecule has 160 valence electrons. The first kappa shape index (κ1) is 20.7. The van der Waals surface area contributed by atoms with Gasteiger partial charge in [-0.1, -0.05) is 18.2 Å². The maximum atomic E-state index is 13.3. The van der Waals surface area contributed by atoms with E-state index in [0.717, 1.165) is 24.1 Å². The fourth-order valence-electron chi connectivity index (χ4n) is 3.86. The zero-order valence-electron chi connectivity index (χ0n) is 17.0. The number of hydrogen-bond donors (Lipinski definition) is 0. The second kappa shape index (κ2) is 8.65. The van der Waals surface area contributed by atoms with Crippen LogP contribution in [0, 0.1) is 6.92 Å². The summed E-state index contributed by atoms with van der Waals surface area (Å²) < 4.78 is 39.0. The minimum atomic E-state index is -3.67. The van der Waals surface area contributed by atoms with Gasteiger partial charge in [-0.25, -0.2) is 8.42 Å². The number of anilines is 1. The Balaban J connectivity index is 1.49. The largest absolute Gasteiger partial charge is 0.483 e. The molecule has 0 atom stereocenters. The molecule has 1 amide bonds. The molecule has 0 bridgehead atoms. The molecule has 0 radical (unpaired) electrons. The minimum absolute atomic E-state index is 0.0769. The summed E-state index contributed by atoms with van der Waals surface area (Å²) in [5, 5.41) is 0. The van der Waals surface area contributed by atoms with Gasteiger partial charge in [0.15, 0.2) is 6.61 Å². The first-order valence-corrected chi connectivity index (χ1v) is 11.6. The van der Waals surface area contributed by atoms with Crippen LogP contribution >= 0.6 is 0 Å². The summed E-state index contributed by atoms with van der Waals surface area (Å²) >= 11 is 0. The van der Waals surface area contributed by atoms with E-state index >= 15 is 0 Å². The molecular formula is C22H26N2O5S. The van der Waals surface area contributed by atoms with Gasteiger partial charge in [-0.3, -0.25) is 9.10 Å². The summed E-state index contributed by atoms with van der Waals surface area (Å²) in [7, 11) is -3.67. The fraction of sp³-hybridized carbons (Fsp3) is 0.409. The lowest BCUT2D eigenvalue weighted by molar-refractivity contribution is -0.137. The van der Waals surface area contributed by atoms with Gasteiger partial charge in [0.25, 0.3) is 15.9 Å². The highest BCUT2D eigenvalue weighted by Gasteiger charge is 2.29. The van der Waals surface area contributed by atoms with Crippen LogP contribution in [0.3, 0.4) is 0 Å². The van der Waals surface area contributed by atoms with E-state index in [1.165, 1.54) is 4.31 Å². The molecule has 0 aromatic heterocycles. The molecular weight excluding hydrogens is 404 g/mol. The minimum Gasteiger partial charge on any atom is -0.483 e. The van der Waals surface area contributed by atoms with Crippen molar-refractivity contribution in [1.82, 2.24) is 4.90 Å². The fourth-order valence-corrected chi connectivity index (χ4v) is 5.49. The quantitative estimate of drug-likeness (QED) is 0.728. The number of sulfonamides is 1. The van der Waals surface area contributed by atoms with Crippen molar-refractivity contribution in [2.24, 2.45) is 0 Å². The molecule has 2 heterocycles. The summed E-state index contributed by atoms with van der Waals surface area (Å²) in [6.45, 7) is 4.38. The number of benzene rings is 2. The number of carbonyl (C=O) groups is 1. The van der Waals surface area contributed by atoms with Crippen LogP contribution in [0.1, 0.15) is 17.5 Å². The Kier molecular flexibility index (Phi) is 5.97. The number of nitrogens with zero attached hydrogens (tertiary/aromatic N) is 2. The van der Waals surface area contributed by atoms with Crippen molar-refractivity contribution >= 4 is 21.6 Å². The number of aryl methyl sites for hydroxylation is 2. The highest BCUT2D eigenvalue weighted by molar-refractivity contribution is 7.92. The standard InChI is InChI=1S/C22H26N2O5S/c1-17-15-19(8-9-21(17)29-16-22(25)23-11-13-28-14-12-23)30(26,27)24-10-4-6-18-5-2-3-7-20(18)24/h2-3,5,7-9,15H,4,6,10-14,16H2,1H3. The van der Waals surface area contributed by atoms with Gasteiger partial charge in [-0.05, 0) is 55.2 Å². The van der Waals surface area contributed by atoms with Crippen molar-refractivity contribution in [2.45, 2.75) is 24.7 Å². The molecule has 2 aromatic carbocycles. The van der Waals surface area contributed by atoms with Gasteiger partial charge in [0.1, 0.15) is 5.75 Å². The molecule has 0 saturated carbocycles. The average Bonchev–Trinajstić information content (AvgIpc) is 2.78. The SMILES string of the molecule is Cc1cc(S(=O)(=O)N2CCCc3ccccc32)ccc1OCC(=O)N1CCOCC1. The van der Waals surface area contributed by atoms with Crippen molar-refractivity contribution < 1.29 is 22.7 Å². The summed E-state index contributed by atoms with van der Waals surface area (Å²) in [6.07, 6.45) is 1.67. The number of carbonyl (C=O) groups excluding carboxylic acids is 1. The molecule has 0 unspecified atom stereocenters. The Labute approximate surface area is 177 Å². The lowest BCUT2D eigenvalue weighted by Crippen LogP contribution is -2.43. The van der Waals surface area contributed by atoms with E-state index in [9.17, 15) is 13.2 Å². The van der Waals surface area contributed by atoms with E-state index in [4.69, 9.17) is 9.47 Å². The van der Waals surface area contributed by atoms with Gasteiger partial charge < -0.3 is 14.4 Å². The van der Waals surface area contributed by atoms with E-state index in [1.807, 2.05) is 24.3 Å². The van der Waals surface area contributed by atoms with E-state index in [2.05, 4.69) is 0 Å². The van der Waals surface area contributed by atoms with Crippen molar-refractivity contribution in [3.05, 3.63) is 53.6 Å². The van der Waals surface area contributed by atoms with Gasteiger partial charge in [0.2, 0.25) is 0 Å². The van der Waals surface area contributed by atoms with Crippen LogP contribution in [0.5, 0.6) is 5.75 Å². The van der Waals surface area contributed by atoms with Gasteiger partial charge in [0.05, 0.1) is 23.8 Å². The second-order valence-electron chi connectivity index (χ2n) is 7.52. The van der Waals surface area contributed by atoms with E-state index in [1.54, 1.807) is 30.0 Å². The smallest absolute Gasteiger partial charge is 0.264 e. The number of amides is 1. The third kappa shape index (κ3) is 4.15. The molecule has 2 aliphatic heterocycles. The first-order valence-electron chi connectivity index (χ1n) is 10.2. The van der Waals surface area contributed by atoms with Crippen molar-refractivity contribution in [1.29, 1.82) is 0 Å². The average molecular weight is 431 g/mol. The Morgan fingerprint density at radius 1 is 1.10 bits per heavy atom. The van der Waals surface area contributed by atoms with Crippen molar-refractivity contribution in [3.63, 3.8) is 0 Å². The molecule has 1 saturated heterocycles. The maximum Gasteiger partial charge on any atom is 0.264 e. The number of morpholine rings is 1. The molecule has 2 aliphatic rings.